The van der Waals surface area contributed by atoms with E-state index in [0.717, 1.165) is 18.2 Å². The van der Waals surface area contributed by atoms with Crippen LogP contribution in [0.1, 0.15) is 17.3 Å². The Kier molecular flexibility index (Phi) is 5.50. The summed E-state index contributed by atoms with van der Waals surface area (Å²) in [5.41, 5.74) is -1.28. The molecule has 0 spiro atoms. The number of nitro groups is 2. The summed E-state index contributed by atoms with van der Waals surface area (Å²) in [6, 6.07) is 7.37. The average molecular weight is 366 g/mol. The van der Waals surface area contributed by atoms with Gasteiger partial charge >= 0.3 is 0 Å². The number of nitrogens with zero attached hydrogens (tertiary/aromatic N) is 2. The first-order valence-corrected chi connectivity index (χ1v) is 7.37. The van der Waals surface area contributed by atoms with E-state index in [9.17, 15) is 25.0 Å². The maximum absolute atomic E-state index is 12.3. The standard InChI is InChI=1S/C15H12ClN3O6/c1-2-25-10-4-5-12(14(8-10)19(23)24)17-15(20)11-7-9(16)3-6-13(11)18(21)22/h3-8H,2H2,1H3,(H,17,20). The van der Waals surface area contributed by atoms with Gasteiger partial charge < -0.3 is 10.1 Å². The van der Waals surface area contributed by atoms with Crippen molar-refractivity contribution in [1.82, 2.24) is 0 Å². The first kappa shape index (κ1) is 18.1. The van der Waals surface area contributed by atoms with E-state index in [4.69, 9.17) is 16.3 Å². The van der Waals surface area contributed by atoms with Gasteiger partial charge in [0.2, 0.25) is 0 Å². The number of anilines is 1. The van der Waals surface area contributed by atoms with Crippen molar-refractivity contribution in [3.05, 3.63) is 67.2 Å². The van der Waals surface area contributed by atoms with Gasteiger partial charge in [-0.15, -0.1) is 0 Å². The molecule has 0 fully saturated rings. The Balaban J connectivity index is 2.40. The van der Waals surface area contributed by atoms with Crippen LogP contribution in [0.3, 0.4) is 0 Å². The molecule has 2 aromatic carbocycles. The van der Waals surface area contributed by atoms with Gasteiger partial charge in [0.05, 0.1) is 22.5 Å². The Morgan fingerprint density at radius 2 is 1.80 bits per heavy atom. The molecule has 0 aliphatic heterocycles. The number of carbonyl (C=O) groups is 1. The van der Waals surface area contributed by atoms with Crippen LogP contribution in [0.4, 0.5) is 17.1 Å². The lowest BCUT2D eigenvalue weighted by molar-refractivity contribution is -0.385. The molecule has 0 saturated heterocycles. The van der Waals surface area contributed by atoms with Crippen LogP contribution in [0.25, 0.3) is 0 Å². The molecule has 130 valence electrons. The topological polar surface area (TPSA) is 125 Å². The van der Waals surface area contributed by atoms with Crippen molar-refractivity contribution in [2.75, 3.05) is 11.9 Å². The van der Waals surface area contributed by atoms with E-state index in [0.29, 0.717) is 6.61 Å². The van der Waals surface area contributed by atoms with Gasteiger partial charge in [0, 0.05) is 11.1 Å². The van der Waals surface area contributed by atoms with Crippen LogP contribution in [0.15, 0.2) is 36.4 Å². The minimum absolute atomic E-state index is 0.118. The van der Waals surface area contributed by atoms with Crippen molar-refractivity contribution < 1.29 is 19.4 Å². The highest BCUT2D eigenvalue weighted by molar-refractivity contribution is 6.31. The first-order valence-electron chi connectivity index (χ1n) is 7.00. The molecule has 1 N–H and O–H groups in total. The number of amides is 1. The number of benzene rings is 2. The summed E-state index contributed by atoms with van der Waals surface area (Å²) in [6.07, 6.45) is 0. The van der Waals surface area contributed by atoms with Crippen LogP contribution in [0.2, 0.25) is 5.02 Å². The SMILES string of the molecule is CCOc1ccc(NC(=O)c2cc(Cl)ccc2[N+](=O)[O-])c([N+](=O)[O-])c1. The van der Waals surface area contributed by atoms with Gasteiger partial charge in [-0.05, 0) is 31.2 Å². The molecule has 0 atom stereocenters. The van der Waals surface area contributed by atoms with E-state index in [-0.39, 0.29) is 22.0 Å². The minimum Gasteiger partial charge on any atom is -0.494 e. The normalized spacial score (nSPS) is 10.2. The van der Waals surface area contributed by atoms with Crippen LogP contribution in [0.5, 0.6) is 5.75 Å². The van der Waals surface area contributed by atoms with Gasteiger partial charge in [-0.25, -0.2) is 0 Å². The van der Waals surface area contributed by atoms with E-state index in [2.05, 4.69) is 5.32 Å². The summed E-state index contributed by atoms with van der Waals surface area (Å²) >= 11 is 5.78. The number of nitrogens with one attached hydrogen (secondary N) is 1. The number of halogens is 1. The molecule has 25 heavy (non-hydrogen) atoms. The highest BCUT2D eigenvalue weighted by Gasteiger charge is 2.23. The maximum Gasteiger partial charge on any atom is 0.296 e. The monoisotopic (exact) mass is 365 g/mol. The van der Waals surface area contributed by atoms with Crippen molar-refractivity contribution in [3.63, 3.8) is 0 Å². The summed E-state index contributed by atoms with van der Waals surface area (Å²) in [6.45, 7) is 2.04. The highest BCUT2D eigenvalue weighted by Crippen LogP contribution is 2.31. The molecule has 10 heteroatoms. The fourth-order valence-electron chi connectivity index (χ4n) is 2.06. The van der Waals surface area contributed by atoms with E-state index < -0.39 is 27.1 Å². The highest BCUT2D eigenvalue weighted by atomic mass is 35.5. The smallest absolute Gasteiger partial charge is 0.296 e. The van der Waals surface area contributed by atoms with Gasteiger partial charge in [-0.2, -0.15) is 0 Å². The molecule has 2 rings (SSSR count). The Morgan fingerprint density at radius 1 is 1.12 bits per heavy atom. The molecule has 2 aromatic rings. The molecule has 0 aliphatic rings. The predicted octanol–water partition coefficient (Wildman–Crippen LogP) is 3.81. The molecule has 0 aromatic heterocycles. The second-order valence-corrected chi connectivity index (χ2v) is 5.18. The summed E-state index contributed by atoms with van der Waals surface area (Å²) < 4.78 is 5.18. The molecular formula is C15H12ClN3O6. The molecule has 0 radical (unpaired) electrons. The third kappa shape index (κ3) is 4.21. The molecule has 0 unspecified atom stereocenters. The predicted molar refractivity (Wildman–Crippen MR) is 90.3 cm³/mol. The van der Waals surface area contributed by atoms with E-state index in [1.165, 1.54) is 18.2 Å². The fraction of sp³-hybridized carbons (Fsp3) is 0.133. The van der Waals surface area contributed by atoms with Gasteiger partial charge in [0.15, 0.2) is 0 Å². The number of rotatable bonds is 6. The number of carbonyl (C=O) groups excluding carboxylic acids is 1. The lowest BCUT2D eigenvalue weighted by atomic mass is 10.1. The first-order chi connectivity index (χ1) is 11.8. The summed E-state index contributed by atoms with van der Waals surface area (Å²) in [7, 11) is 0. The summed E-state index contributed by atoms with van der Waals surface area (Å²) in [5.74, 6) is -0.623. The lowest BCUT2D eigenvalue weighted by Gasteiger charge is -2.09. The van der Waals surface area contributed by atoms with Crippen LogP contribution in [-0.4, -0.2) is 22.4 Å². The molecule has 0 heterocycles. The van der Waals surface area contributed by atoms with Crippen molar-refractivity contribution >= 4 is 34.6 Å². The molecule has 0 bridgehead atoms. The largest absolute Gasteiger partial charge is 0.494 e. The van der Waals surface area contributed by atoms with Crippen LogP contribution >= 0.6 is 11.6 Å². The van der Waals surface area contributed by atoms with E-state index in [1.54, 1.807) is 6.92 Å². The van der Waals surface area contributed by atoms with E-state index >= 15 is 0 Å². The summed E-state index contributed by atoms with van der Waals surface area (Å²) in [4.78, 5) is 33.2. The number of ether oxygens (including phenoxy) is 1. The molecule has 1 amide bonds. The van der Waals surface area contributed by atoms with Crippen LogP contribution in [-0.2, 0) is 0 Å². The molecule has 0 aliphatic carbocycles. The Bertz CT molecular complexity index is 855. The number of hydrogen-bond donors (Lipinski definition) is 1. The van der Waals surface area contributed by atoms with Crippen LogP contribution < -0.4 is 10.1 Å². The Morgan fingerprint density at radius 3 is 2.40 bits per heavy atom. The average Bonchev–Trinajstić information content (AvgIpc) is 2.55. The third-order valence-electron chi connectivity index (χ3n) is 3.13. The van der Waals surface area contributed by atoms with Gasteiger partial charge in [-0.1, -0.05) is 11.6 Å². The van der Waals surface area contributed by atoms with Crippen molar-refractivity contribution in [1.29, 1.82) is 0 Å². The van der Waals surface area contributed by atoms with Crippen LogP contribution in [0, 0.1) is 20.2 Å². The quantitative estimate of drug-likeness (QED) is 0.613. The van der Waals surface area contributed by atoms with Crippen molar-refractivity contribution in [2.24, 2.45) is 0 Å². The zero-order valence-electron chi connectivity index (χ0n) is 12.9. The fourth-order valence-corrected chi connectivity index (χ4v) is 2.24. The van der Waals surface area contributed by atoms with Crippen molar-refractivity contribution in [3.8, 4) is 5.75 Å². The van der Waals surface area contributed by atoms with Gasteiger partial charge in [0.25, 0.3) is 17.3 Å². The maximum atomic E-state index is 12.3. The Labute approximate surface area is 146 Å². The number of nitro benzene ring substituents is 2. The van der Waals surface area contributed by atoms with Gasteiger partial charge in [-0.3, -0.25) is 25.0 Å². The molecule has 9 nitrogen and oxygen atoms in total. The lowest BCUT2D eigenvalue weighted by Crippen LogP contribution is -2.15. The zero-order chi connectivity index (χ0) is 18.6. The second kappa shape index (κ2) is 7.58. The van der Waals surface area contributed by atoms with E-state index in [1.807, 2.05) is 0 Å². The molecular weight excluding hydrogens is 354 g/mol. The molecule has 0 saturated carbocycles. The Hall–Kier alpha value is -3.20. The van der Waals surface area contributed by atoms with Crippen molar-refractivity contribution in [2.45, 2.75) is 6.92 Å². The zero-order valence-corrected chi connectivity index (χ0v) is 13.6. The van der Waals surface area contributed by atoms with Gasteiger partial charge in [0.1, 0.15) is 17.0 Å². The third-order valence-corrected chi connectivity index (χ3v) is 3.36. The number of hydrogen-bond acceptors (Lipinski definition) is 6. The minimum atomic E-state index is -0.888. The second-order valence-electron chi connectivity index (χ2n) is 4.74. The summed E-state index contributed by atoms with van der Waals surface area (Å²) in [5, 5.41) is 24.7.